The van der Waals surface area contributed by atoms with E-state index in [-0.39, 0.29) is 0 Å². The van der Waals surface area contributed by atoms with Crippen molar-refractivity contribution in [1.29, 1.82) is 0 Å². The molecule has 1 heterocycles. The summed E-state index contributed by atoms with van der Waals surface area (Å²) in [5, 5.41) is 12.5. The van der Waals surface area contributed by atoms with E-state index in [1.165, 1.54) is 19.4 Å². The molecule has 116 valence electrons. The van der Waals surface area contributed by atoms with Gasteiger partial charge >= 0.3 is 5.97 Å². The van der Waals surface area contributed by atoms with E-state index in [0.29, 0.717) is 6.04 Å². The molecule has 1 saturated carbocycles. The highest BCUT2D eigenvalue weighted by atomic mass is 16.4. The van der Waals surface area contributed by atoms with Gasteiger partial charge in [0.05, 0.1) is 0 Å². The van der Waals surface area contributed by atoms with Crippen LogP contribution in [0.25, 0.3) is 0 Å². The van der Waals surface area contributed by atoms with Gasteiger partial charge < -0.3 is 20.2 Å². The predicted molar refractivity (Wildman–Crippen MR) is 79.9 cm³/mol. The Morgan fingerprint density at radius 3 is 2.45 bits per heavy atom. The number of nitrogens with zero attached hydrogens (tertiary/aromatic N) is 2. The minimum atomic E-state index is -0.690. The van der Waals surface area contributed by atoms with Crippen molar-refractivity contribution in [2.24, 2.45) is 5.92 Å². The molecule has 0 aromatic rings. The molecular formula is C15H29N3O2. The average Bonchev–Trinajstić information content (AvgIpc) is 2.85. The summed E-state index contributed by atoms with van der Waals surface area (Å²) in [5.41, 5.74) is -0.689. The quantitative estimate of drug-likeness (QED) is 0.783. The van der Waals surface area contributed by atoms with Gasteiger partial charge in [-0.15, -0.1) is 0 Å². The monoisotopic (exact) mass is 283 g/mol. The SMILES string of the molecule is CNC1(C(=O)O)CCC(N2CCC(CN(C)C)CC2)C1. The van der Waals surface area contributed by atoms with Gasteiger partial charge in [-0.3, -0.25) is 4.79 Å². The van der Waals surface area contributed by atoms with Crippen LogP contribution in [0.1, 0.15) is 32.1 Å². The van der Waals surface area contributed by atoms with Crippen molar-refractivity contribution in [3.8, 4) is 0 Å². The van der Waals surface area contributed by atoms with Gasteiger partial charge in [0.2, 0.25) is 0 Å². The molecule has 1 saturated heterocycles. The molecule has 5 nitrogen and oxygen atoms in total. The molecule has 2 rings (SSSR count). The van der Waals surface area contributed by atoms with E-state index in [0.717, 1.165) is 38.3 Å². The largest absolute Gasteiger partial charge is 0.480 e. The summed E-state index contributed by atoms with van der Waals surface area (Å²) in [6, 6.07) is 0.443. The van der Waals surface area contributed by atoms with Crippen LogP contribution in [0.15, 0.2) is 0 Å². The lowest BCUT2D eigenvalue weighted by Gasteiger charge is -2.37. The van der Waals surface area contributed by atoms with E-state index in [2.05, 4.69) is 29.2 Å². The molecule has 2 atom stereocenters. The number of aliphatic carboxylic acids is 1. The van der Waals surface area contributed by atoms with Crippen LogP contribution in [-0.4, -0.2) is 73.2 Å². The Kier molecular flexibility index (Phi) is 5.04. The molecule has 0 aromatic carbocycles. The second kappa shape index (κ2) is 6.41. The highest BCUT2D eigenvalue weighted by molar-refractivity contribution is 5.79. The van der Waals surface area contributed by atoms with Crippen LogP contribution < -0.4 is 5.32 Å². The number of hydrogen-bond donors (Lipinski definition) is 2. The smallest absolute Gasteiger partial charge is 0.323 e. The summed E-state index contributed by atoms with van der Waals surface area (Å²) in [6.45, 7) is 3.43. The van der Waals surface area contributed by atoms with Gasteiger partial charge in [0.1, 0.15) is 5.54 Å². The Labute approximate surface area is 122 Å². The number of likely N-dealkylation sites (N-methyl/N-ethyl adjacent to an activating group) is 1. The molecule has 0 spiro atoms. The maximum atomic E-state index is 11.5. The average molecular weight is 283 g/mol. The molecule has 5 heteroatoms. The third-order valence-electron chi connectivity index (χ3n) is 5.17. The summed E-state index contributed by atoms with van der Waals surface area (Å²) < 4.78 is 0. The molecule has 2 fully saturated rings. The maximum Gasteiger partial charge on any atom is 0.323 e. The summed E-state index contributed by atoms with van der Waals surface area (Å²) >= 11 is 0. The van der Waals surface area contributed by atoms with Crippen LogP contribution in [0.2, 0.25) is 0 Å². The van der Waals surface area contributed by atoms with Crippen molar-refractivity contribution in [1.82, 2.24) is 15.1 Å². The highest BCUT2D eigenvalue weighted by Crippen LogP contribution is 2.35. The zero-order valence-electron chi connectivity index (χ0n) is 13.1. The minimum absolute atomic E-state index is 0.443. The first kappa shape index (κ1) is 15.7. The first-order valence-corrected chi connectivity index (χ1v) is 7.78. The summed E-state index contributed by atoms with van der Waals surface area (Å²) in [7, 11) is 6.05. The highest BCUT2D eigenvalue weighted by Gasteiger charge is 2.46. The van der Waals surface area contributed by atoms with Gasteiger partial charge in [0, 0.05) is 12.6 Å². The second-order valence-corrected chi connectivity index (χ2v) is 6.78. The molecule has 2 N–H and O–H groups in total. The lowest BCUT2D eigenvalue weighted by atomic mass is 9.94. The van der Waals surface area contributed by atoms with Crippen molar-refractivity contribution in [2.45, 2.75) is 43.7 Å². The Hall–Kier alpha value is -0.650. The number of nitrogens with one attached hydrogen (secondary N) is 1. The van der Waals surface area contributed by atoms with E-state index in [1.807, 2.05) is 0 Å². The maximum absolute atomic E-state index is 11.5. The van der Waals surface area contributed by atoms with Gasteiger partial charge in [-0.2, -0.15) is 0 Å². The van der Waals surface area contributed by atoms with Crippen LogP contribution in [0.5, 0.6) is 0 Å². The van der Waals surface area contributed by atoms with Gasteiger partial charge in [-0.05, 0) is 72.3 Å². The fourth-order valence-corrected chi connectivity index (χ4v) is 3.88. The van der Waals surface area contributed by atoms with Crippen molar-refractivity contribution in [3.63, 3.8) is 0 Å². The summed E-state index contributed by atoms with van der Waals surface area (Å²) in [6.07, 6.45) is 4.99. The van der Waals surface area contributed by atoms with Crippen LogP contribution in [0, 0.1) is 5.92 Å². The van der Waals surface area contributed by atoms with Gasteiger partial charge in [-0.25, -0.2) is 0 Å². The van der Waals surface area contributed by atoms with E-state index in [4.69, 9.17) is 0 Å². The van der Waals surface area contributed by atoms with Crippen molar-refractivity contribution < 1.29 is 9.90 Å². The normalized spacial score (nSPS) is 32.9. The molecule has 1 aliphatic heterocycles. The molecule has 0 aromatic heterocycles. The van der Waals surface area contributed by atoms with Crippen molar-refractivity contribution in [3.05, 3.63) is 0 Å². The third kappa shape index (κ3) is 3.32. The van der Waals surface area contributed by atoms with Crippen LogP contribution in [-0.2, 0) is 4.79 Å². The standard InChI is InChI=1S/C15H29N3O2/c1-16-15(14(19)20)7-4-13(10-15)18-8-5-12(6-9-18)11-17(2)3/h12-13,16H,4-11H2,1-3H3,(H,19,20). The molecule has 2 aliphatic rings. The zero-order valence-corrected chi connectivity index (χ0v) is 13.1. The van der Waals surface area contributed by atoms with Crippen LogP contribution in [0.3, 0.4) is 0 Å². The third-order valence-corrected chi connectivity index (χ3v) is 5.17. The molecule has 0 amide bonds. The summed E-state index contributed by atoms with van der Waals surface area (Å²) in [5.74, 6) is 0.112. The fourth-order valence-electron chi connectivity index (χ4n) is 3.88. The Morgan fingerprint density at radius 2 is 2.00 bits per heavy atom. The first-order valence-electron chi connectivity index (χ1n) is 7.78. The van der Waals surface area contributed by atoms with Crippen molar-refractivity contribution in [2.75, 3.05) is 40.8 Å². The molecule has 1 aliphatic carbocycles. The number of rotatable bonds is 5. The molecule has 0 radical (unpaired) electrons. The Morgan fingerprint density at radius 1 is 1.35 bits per heavy atom. The number of hydrogen-bond acceptors (Lipinski definition) is 4. The molecule has 0 bridgehead atoms. The molecule has 2 unspecified atom stereocenters. The minimum Gasteiger partial charge on any atom is -0.480 e. The van der Waals surface area contributed by atoms with E-state index < -0.39 is 11.5 Å². The fraction of sp³-hybridized carbons (Fsp3) is 0.933. The summed E-state index contributed by atoms with van der Waals surface area (Å²) in [4.78, 5) is 16.3. The Balaban J connectivity index is 1.85. The topological polar surface area (TPSA) is 55.8 Å². The number of carboxylic acid groups (broad SMARTS) is 1. The van der Waals surface area contributed by atoms with Gasteiger partial charge in [0.25, 0.3) is 0 Å². The lowest BCUT2D eigenvalue weighted by Crippen LogP contribution is -2.50. The van der Waals surface area contributed by atoms with E-state index in [1.54, 1.807) is 7.05 Å². The zero-order chi connectivity index (χ0) is 14.8. The predicted octanol–water partition coefficient (Wildman–Crippen LogP) is 0.855. The number of carbonyl (C=O) groups is 1. The lowest BCUT2D eigenvalue weighted by molar-refractivity contribution is -0.144. The number of likely N-dealkylation sites (tertiary alicyclic amines) is 1. The van der Waals surface area contributed by atoms with Gasteiger partial charge in [-0.1, -0.05) is 0 Å². The second-order valence-electron chi connectivity index (χ2n) is 6.78. The van der Waals surface area contributed by atoms with Crippen molar-refractivity contribution >= 4 is 5.97 Å². The number of piperidine rings is 1. The van der Waals surface area contributed by atoms with Gasteiger partial charge in [0.15, 0.2) is 0 Å². The molecule has 20 heavy (non-hydrogen) atoms. The first-order chi connectivity index (χ1) is 9.47. The molecular weight excluding hydrogens is 254 g/mol. The van der Waals surface area contributed by atoms with E-state index in [9.17, 15) is 9.90 Å². The van der Waals surface area contributed by atoms with E-state index >= 15 is 0 Å². The number of carboxylic acids is 1. The Bertz CT molecular complexity index is 340. The van der Waals surface area contributed by atoms with Crippen LogP contribution >= 0.6 is 0 Å². The van der Waals surface area contributed by atoms with Crippen LogP contribution in [0.4, 0.5) is 0 Å².